The maximum Gasteiger partial charge on any atom is 0.407 e. The van der Waals surface area contributed by atoms with Crippen molar-refractivity contribution in [3.63, 3.8) is 0 Å². The molecule has 100 valence electrons. The number of carbonyl (C=O) groups is 2. The van der Waals surface area contributed by atoms with Crippen LogP contribution in [0.4, 0.5) is 4.79 Å². The van der Waals surface area contributed by atoms with Gasteiger partial charge in [0.1, 0.15) is 5.60 Å². The van der Waals surface area contributed by atoms with Gasteiger partial charge in [-0.25, -0.2) is 4.79 Å². The van der Waals surface area contributed by atoms with Gasteiger partial charge >= 0.3 is 12.1 Å². The molecule has 0 spiro atoms. The SMILES string of the molecule is COC(=O)CC(N)C(C)NC(=O)OC(C)(C)C. The average Bonchev–Trinajstić information content (AvgIpc) is 2.14. The van der Waals surface area contributed by atoms with Gasteiger partial charge in [-0.05, 0) is 27.7 Å². The van der Waals surface area contributed by atoms with Gasteiger partial charge in [0.25, 0.3) is 0 Å². The first-order valence-electron chi connectivity index (χ1n) is 5.47. The largest absolute Gasteiger partial charge is 0.469 e. The lowest BCUT2D eigenvalue weighted by Crippen LogP contribution is -2.48. The Kier molecular flexibility index (Phi) is 5.95. The van der Waals surface area contributed by atoms with Gasteiger partial charge in [0, 0.05) is 12.1 Å². The molecule has 0 fully saturated rings. The van der Waals surface area contributed by atoms with Crippen LogP contribution >= 0.6 is 0 Å². The van der Waals surface area contributed by atoms with Crippen LogP contribution in [0.1, 0.15) is 34.1 Å². The first kappa shape index (κ1) is 15.7. The molecule has 0 aromatic carbocycles. The van der Waals surface area contributed by atoms with E-state index in [-0.39, 0.29) is 12.5 Å². The van der Waals surface area contributed by atoms with E-state index in [1.807, 2.05) is 0 Å². The van der Waals surface area contributed by atoms with E-state index in [0.717, 1.165) is 0 Å². The molecule has 0 saturated heterocycles. The number of hydrogen-bond acceptors (Lipinski definition) is 5. The van der Waals surface area contributed by atoms with Gasteiger partial charge in [0.2, 0.25) is 0 Å². The Hall–Kier alpha value is -1.30. The van der Waals surface area contributed by atoms with Gasteiger partial charge in [-0.2, -0.15) is 0 Å². The highest BCUT2D eigenvalue weighted by Crippen LogP contribution is 2.07. The molecule has 0 heterocycles. The zero-order valence-corrected chi connectivity index (χ0v) is 11.1. The third-order valence-corrected chi connectivity index (χ3v) is 2.02. The van der Waals surface area contributed by atoms with Gasteiger partial charge in [-0.15, -0.1) is 0 Å². The van der Waals surface area contributed by atoms with Gasteiger partial charge in [0.05, 0.1) is 13.5 Å². The standard InChI is InChI=1S/C11H22N2O4/c1-7(8(12)6-9(14)16-5)13-10(15)17-11(2,3)4/h7-8H,6,12H2,1-5H3,(H,13,15). The molecular weight excluding hydrogens is 224 g/mol. The lowest BCUT2D eigenvalue weighted by Gasteiger charge is -2.24. The van der Waals surface area contributed by atoms with Crippen LogP contribution in [0, 0.1) is 0 Å². The number of nitrogens with one attached hydrogen (secondary N) is 1. The van der Waals surface area contributed by atoms with Crippen molar-refractivity contribution >= 4 is 12.1 Å². The fourth-order valence-electron chi connectivity index (χ4n) is 1.05. The summed E-state index contributed by atoms with van der Waals surface area (Å²) in [6.07, 6.45) is -0.502. The van der Waals surface area contributed by atoms with Crippen LogP contribution in [0.2, 0.25) is 0 Å². The van der Waals surface area contributed by atoms with Crippen LogP contribution in [0.15, 0.2) is 0 Å². The fraction of sp³-hybridized carbons (Fsp3) is 0.818. The highest BCUT2D eigenvalue weighted by Gasteiger charge is 2.22. The molecule has 0 rings (SSSR count). The van der Waals surface area contributed by atoms with Crippen molar-refractivity contribution in [2.24, 2.45) is 5.73 Å². The molecule has 0 aliphatic heterocycles. The predicted molar refractivity (Wildman–Crippen MR) is 63.4 cm³/mol. The molecule has 0 radical (unpaired) electrons. The van der Waals surface area contributed by atoms with Crippen molar-refractivity contribution in [1.29, 1.82) is 0 Å². The molecule has 0 aromatic rings. The quantitative estimate of drug-likeness (QED) is 0.716. The summed E-state index contributed by atoms with van der Waals surface area (Å²) in [5.41, 5.74) is 5.18. The third kappa shape index (κ3) is 7.57. The highest BCUT2D eigenvalue weighted by atomic mass is 16.6. The van der Waals surface area contributed by atoms with E-state index in [1.54, 1.807) is 27.7 Å². The van der Waals surface area contributed by atoms with Crippen LogP contribution in [-0.4, -0.2) is 36.9 Å². The van der Waals surface area contributed by atoms with Crippen LogP contribution in [0.3, 0.4) is 0 Å². The number of esters is 1. The Morgan fingerprint density at radius 1 is 1.35 bits per heavy atom. The summed E-state index contributed by atoms with van der Waals surface area (Å²) in [6, 6.07) is -0.876. The third-order valence-electron chi connectivity index (χ3n) is 2.02. The van der Waals surface area contributed by atoms with E-state index < -0.39 is 23.7 Å². The number of amides is 1. The second-order valence-electron chi connectivity index (χ2n) is 4.88. The summed E-state index contributed by atoms with van der Waals surface area (Å²) in [4.78, 5) is 22.4. The summed E-state index contributed by atoms with van der Waals surface area (Å²) < 4.78 is 9.56. The van der Waals surface area contributed by atoms with Gasteiger partial charge in [-0.1, -0.05) is 0 Å². The number of methoxy groups -OCH3 is 1. The molecule has 2 unspecified atom stereocenters. The van der Waals surface area contributed by atoms with Gasteiger partial charge in [-0.3, -0.25) is 4.79 Å². The van der Waals surface area contributed by atoms with E-state index in [2.05, 4.69) is 10.1 Å². The number of nitrogens with two attached hydrogens (primary N) is 1. The second-order valence-corrected chi connectivity index (χ2v) is 4.88. The van der Waals surface area contributed by atoms with E-state index >= 15 is 0 Å². The van der Waals surface area contributed by atoms with Crippen molar-refractivity contribution in [1.82, 2.24) is 5.32 Å². The number of hydrogen-bond donors (Lipinski definition) is 2. The lowest BCUT2D eigenvalue weighted by molar-refractivity contribution is -0.141. The summed E-state index contributed by atoms with van der Waals surface area (Å²) in [5.74, 6) is -0.407. The van der Waals surface area contributed by atoms with Crippen molar-refractivity contribution in [2.75, 3.05) is 7.11 Å². The minimum atomic E-state index is -0.559. The van der Waals surface area contributed by atoms with E-state index in [0.29, 0.717) is 0 Å². The van der Waals surface area contributed by atoms with Crippen molar-refractivity contribution in [2.45, 2.75) is 51.8 Å². The highest BCUT2D eigenvalue weighted by molar-refractivity contribution is 5.71. The number of alkyl carbamates (subject to hydrolysis) is 1. The average molecular weight is 246 g/mol. The molecule has 0 aliphatic rings. The molecule has 2 atom stereocenters. The molecule has 0 aromatic heterocycles. The Morgan fingerprint density at radius 3 is 2.29 bits per heavy atom. The van der Waals surface area contributed by atoms with Gasteiger partial charge in [0.15, 0.2) is 0 Å². The smallest absolute Gasteiger partial charge is 0.407 e. The summed E-state index contributed by atoms with van der Waals surface area (Å²) in [7, 11) is 1.29. The normalized spacial score (nSPS) is 14.7. The summed E-state index contributed by atoms with van der Waals surface area (Å²) in [6.45, 7) is 7.01. The number of ether oxygens (including phenoxy) is 2. The molecule has 0 saturated carbocycles. The minimum Gasteiger partial charge on any atom is -0.469 e. The maximum absolute atomic E-state index is 11.4. The zero-order valence-electron chi connectivity index (χ0n) is 11.1. The van der Waals surface area contributed by atoms with Crippen molar-refractivity contribution < 1.29 is 19.1 Å². The maximum atomic E-state index is 11.4. The van der Waals surface area contributed by atoms with Crippen molar-refractivity contribution in [3.8, 4) is 0 Å². The minimum absolute atomic E-state index is 0.0491. The summed E-state index contributed by atoms with van der Waals surface area (Å²) in [5, 5.41) is 2.57. The van der Waals surface area contributed by atoms with Crippen LogP contribution in [0.25, 0.3) is 0 Å². The molecule has 1 amide bonds. The zero-order chi connectivity index (χ0) is 13.6. The Balaban J connectivity index is 4.12. The first-order valence-corrected chi connectivity index (χ1v) is 5.47. The molecule has 0 aliphatic carbocycles. The topological polar surface area (TPSA) is 90.6 Å². The molecular formula is C11H22N2O4. The second kappa shape index (κ2) is 6.44. The van der Waals surface area contributed by atoms with Crippen LogP contribution in [-0.2, 0) is 14.3 Å². The monoisotopic (exact) mass is 246 g/mol. The lowest BCUT2D eigenvalue weighted by atomic mass is 10.1. The van der Waals surface area contributed by atoms with E-state index in [4.69, 9.17) is 10.5 Å². The van der Waals surface area contributed by atoms with Crippen LogP contribution < -0.4 is 11.1 Å². The fourth-order valence-corrected chi connectivity index (χ4v) is 1.05. The van der Waals surface area contributed by atoms with Crippen LogP contribution in [0.5, 0.6) is 0 Å². The molecule has 3 N–H and O–H groups in total. The molecule has 17 heavy (non-hydrogen) atoms. The van der Waals surface area contributed by atoms with E-state index in [1.165, 1.54) is 7.11 Å². The first-order chi connectivity index (χ1) is 7.65. The number of carbonyl (C=O) groups excluding carboxylic acids is 2. The number of rotatable bonds is 4. The Morgan fingerprint density at radius 2 is 1.88 bits per heavy atom. The van der Waals surface area contributed by atoms with Gasteiger partial charge < -0.3 is 20.5 Å². The van der Waals surface area contributed by atoms with Crippen molar-refractivity contribution in [3.05, 3.63) is 0 Å². The summed E-state index contributed by atoms with van der Waals surface area (Å²) >= 11 is 0. The molecule has 0 bridgehead atoms. The predicted octanol–water partition coefficient (Wildman–Crippen LogP) is 0.790. The Labute approximate surface area is 102 Å². The Bertz CT molecular complexity index is 273. The molecule has 6 nitrogen and oxygen atoms in total. The van der Waals surface area contributed by atoms with E-state index in [9.17, 15) is 9.59 Å². The molecule has 6 heteroatoms.